The monoisotopic (exact) mass is 494 g/mol. The van der Waals surface area contributed by atoms with E-state index in [9.17, 15) is 17.6 Å². The molecular formula is C26H34F4N4O. The summed E-state index contributed by atoms with van der Waals surface area (Å²) in [5, 5.41) is 3.32. The molecular weight excluding hydrogens is 460 g/mol. The first kappa shape index (κ1) is 29.7. The summed E-state index contributed by atoms with van der Waals surface area (Å²) in [6, 6.07) is 15.7. The van der Waals surface area contributed by atoms with Crippen molar-refractivity contribution < 1.29 is 22.3 Å². The Labute approximate surface area is 204 Å². The quantitative estimate of drug-likeness (QED) is 0.254. The number of ether oxygens (including phenoxy) is 1. The fourth-order valence-electron chi connectivity index (χ4n) is 3.24. The number of methoxy groups -OCH3 is 1. The third kappa shape index (κ3) is 9.11. The maximum atomic E-state index is 13.5. The molecule has 0 radical (unpaired) electrons. The Bertz CT molecular complexity index is 1040. The van der Waals surface area contributed by atoms with Gasteiger partial charge in [-0.05, 0) is 60.5 Å². The zero-order chi connectivity index (χ0) is 26.4. The number of hydrogen-bond donors (Lipinski definition) is 4. The van der Waals surface area contributed by atoms with Crippen LogP contribution in [0.2, 0.25) is 0 Å². The molecule has 7 N–H and O–H groups in total. The molecule has 0 saturated carbocycles. The van der Waals surface area contributed by atoms with Crippen LogP contribution in [0.25, 0.3) is 0 Å². The van der Waals surface area contributed by atoms with Crippen molar-refractivity contribution >= 4 is 11.4 Å². The van der Waals surface area contributed by atoms with Crippen molar-refractivity contribution in [3.05, 3.63) is 88.7 Å². The minimum Gasteiger partial charge on any atom is -0.495 e. The van der Waals surface area contributed by atoms with Gasteiger partial charge in [-0.1, -0.05) is 37.3 Å². The van der Waals surface area contributed by atoms with Gasteiger partial charge in [0.1, 0.15) is 11.6 Å². The number of nitrogens with one attached hydrogen (secondary N) is 1. The Morgan fingerprint density at radius 2 is 1.57 bits per heavy atom. The van der Waals surface area contributed by atoms with Gasteiger partial charge in [0, 0.05) is 25.2 Å². The molecule has 0 heterocycles. The average Bonchev–Trinajstić information content (AvgIpc) is 2.86. The molecule has 3 aromatic carbocycles. The average molecular weight is 495 g/mol. The molecule has 35 heavy (non-hydrogen) atoms. The third-order valence-electron chi connectivity index (χ3n) is 4.93. The minimum absolute atomic E-state index is 0.0876. The highest BCUT2D eigenvalue weighted by Crippen LogP contribution is 2.31. The second-order valence-corrected chi connectivity index (χ2v) is 7.30. The Kier molecular flexibility index (Phi) is 12.6. The minimum atomic E-state index is -4.30. The van der Waals surface area contributed by atoms with Crippen molar-refractivity contribution in [1.29, 1.82) is 0 Å². The molecule has 5 nitrogen and oxygen atoms in total. The second-order valence-electron chi connectivity index (χ2n) is 7.30. The molecule has 0 unspecified atom stereocenters. The molecule has 0 aromatic heterocycles. The van der Waals surface area contributed by atoms with Crippen LogP contribution in [-0.4, -0.2) is 20.7 Å². The lowest BCUT2D eigenvalue weighted by atomic mass is 10.0. The third-order valence-corrected chi connectivity index (χ3v) is 4.93. The summed E-state index contributed by atoms with van der Waals surface area (Å²) in [5.74, 6) is 0.403. The number of benzene rings is 3. The molecule has 0 spiro atoms. The van der Waals surface area contributed by atoms with Crippen LogP contribution in [0.15, 0.2) is 60.7 Å². The van der Waals surface area contributed by atoms with Gasteiger partial charge in [-0.2, -0.15) is 13.2 Å². The summed E-state index contributed by atoms with van der Waals surface area (Å²) in [5.41, 5.74) is 18.6. The molecule has 3 aromatic rings. The van der Waals surface area contributed by atoms with Crippen LogP contribution in [-0.2, 0) is 19.1 Å². The van der Waals surface area contributed by atoms with E-state index < -0.39 is 11.7 Å². The van der Waals surface area contributed by atoms with Gasteiger partial charge in [-0.15, -0.1) is 0 Å². The number of para-hydroxylation sites is 1. The van der Waals surface area contributed by atoms with E-state index in [4.69, 9.17) is 16.2 Å². The summed E-state index contributed by atoms with van der Waals surface area (Å²) >= 11 is 0. The normalized spacial score (nSPS) is 10.4. The highest BCUT2D eigenvalue weighted by atomic mass is 19.4. The van der Waals surface area contributed by atoms with E-state index in [1.165, 1.54) is 31.3 Å². The van der Waals surface area contributed by atoms with Gasteiger partial charge in [0.25, 0.3) is 0 Å². The number of anilines is 2. The van der Waals surface area contributed by atoms with Crippen molar-refractivity contribution in [2.45, 2.75) is 32.5 Å². The van der Waals surface area contributed by atoms with E-state index in [2.05, 4.69) is 18.0 Å². The van der Waals surface area contributed by atoms with Crippen molar-refractivity contribution in [2.75, 3.05) is 31.8 Å². The summed E-state index contributed by atoms with van der Waals surface area (Å²) in [6.07, 6.45) is -2.72. The van der Waals surface area contributed by atoms with Crippen molar-refractivity contribution in [1.82, 2.24) is 0 Å². The van der Waals surface area contributed by atoms with Crippen LogP contribution in [0.1, 0.15) is 35.6 Å². The Morgan fingerprint density at radius 1 is 0.914 bits per heavy atom. The molecule has 192 valence electrons. The summed E-state index contributed by atoms with van der Waals surface area (Å²) in [7, 11) is 3.09. The molecule has 0 atom stereocenters. The first-order chi connectivity index (χ1) is 16.7. The lowest BCUT2D eigenvalue weighted by molar-refractivity contribution is -0.138. The lowest BCUT2D eigenvalue weighted by Crippen LogP contribution is -2.11. The van der Waals surface area contributed by atoms with Gasteiger partial charge in [-0.25, -0.2) is 4.39 Å². The number of nitrogen functional groups attached to an aromatic ring is 1. The van der Waals surface area contributed by atoms with Gasteiger partial charge in [-0.3, -0.25) is 0 Å². The zero-order valence-electron chi connectivity index (χ0n) is 20.3. The van der Waals surface area contributed by atoms with Crippen LogP contribution in [0.5, 0.6) is 5.75 Å². The highest BCUT2D eigenvalue weighted by molar-refractivity contribution is 5.62. The maximum absolute atomic E-state index is 13.5. The summed E-state index contributed by atoms with van der Waals surface area (Å²) < 4.78 is 55.3. The molecule has 0 amide bonds. The fourth-order valence-corrected chi connectivity index (χ4v) is 3.24. The van der Waals surface area contributed by atoms with Crippen molar-refractivity contribution in [2.24, 2.45) is 11.5 Å². The van der Waals surface area contributed by atoms with E-state index in [0.29, 0.717) is 17.9 Å². The van der Waals surface area contributed by atoms with Gasteiger partial charge < -0.3 is 27.3 Å². The molecule has 0 aliphatic rings. The van der Waals surface area contributed by atoms with Crippen LogP contribution in [0.4, 0.5) is 28.9 Å². The molecule has 9 heteroatoms. The molecule has 3 rings (SSSR count). The highest BCUT2D eigenvalue weighted by Gasteiger charge is 2.32. The van der Waals surface area contributed by atoms with Crippen LogP contribution in [0.3, 0.4) is 0 Å². The standard InChI is InChI=1S/C17H21FN2O.C8H8F3N.CH5N/c1-3-9-20-15-8-7-14(18)11-13(15)10-12-5-4-6-16(21-2)17(12)19;9-8(10,11)7-4-2-1-3-6(7)5-12;1-2/h4-8,11,20H,3,9-10,19H2,1-2H3;1-4H,5,12H2;2H2,1H3. The summed E-state index contributed by atoms with van der Waals surface area (Å²) in [4.78, 5) is 0. The Balaban J connectivity index is 0.000000372. The number of alkyl halides is 3. The number of rotatable bonds is 7. The van der Waals surface area contributed by atoms with Crippen LogP contribution in [0, 0.1) is 5.82 Å². The first-order valence-electron chi connectivity index (χ1n) is 11.1. The van der Waals surface area contributed by atoms with Crippen molar-refractivity contribution in [3.8, 4) is 5.75 Å². The number of nitrogens with two attached hydrogens (primary N) is 3. The maximum Gasteiger partial charge on any atom is 0.416 e. The molecule has 0 saturated heterocycles. The molecule has 0 bridgehead atoms. The van der Waals surface area contributed by atoms with Gasteiger partial charge in [0.05, 0.1) is 18.4 Å². The van der Waals surface area contributed by atoms with Gasteiger partial charge in [0.2, 0.25) is 0 Å². The van der Waals surface area contributed by atoms with Gasteiger partial charge >= 0.3 is 6.18 Å². The molecule has 0 aliphatic heterocycles. The smallest absolute Gasteiger partial charge is 0.416 e. The zero-order valence-corrected chi connectivity index (χ0v) is 20.3. The van der Waals surface area contributed by atoms with Crippen LogP contribution >= 0.6 is 0 Å². The van der Waals surface area contributed by atoms with Crippen molar-refractivity contribution in [3.63, 3.8) is 0 Å². The van der Waals surface area contributed by atoms with Gasteiger partial charge in [0.15, 0.2) is 0 Å². The number of halogens is 4. The Hall–Kier alpha value is -3.30. The van der Waals surface area contributed by atoms with E-state index in [1.807, 2.05) is 18.2 Å². The van der Waals surface area contributed by atoms with E-state index >= 15 is 0 Å². The Morgan fingerprint density at radius 3 is 2.14 bits per heavy atom. The SMILES string of the molecule is CCCNc1ccc(F)cc1Cc1cccc(OC)c1N.CN.NCc1ccccc1C(F)(F)F. The van der Waals surface area contributed by atoms with E-state index in [0.717, 1.165) is 35.8 Å². The van der Waals surface area contributed by atoms with Crippen LogP contribution < -0.4 is 27.3 Å². The summed E-state index contributed by atoms with van der Waals surface area (Å²) in [6.45, 7) is 2.86. The largest absolute Gasteiger partial charge is 0.495 e. The topological polar surface area (TPSA) is 99.3 Å². The molecule has 0 aliphatic carbocycles. The predicted octanol–water partition coefficient (Wildman–Crippen LogP) is 5.57. The molecule has 0 fully saturated rings. The fraction of sp³-hybridized carbons (Fsp3) is 0.308. The predicted molar refractivity (Wildman–Crippen MR) is 135 cm³/mol. The van der Waals surface area contributed by atoms with E-state index in [1.54, 1.807) is 19.2 Å². The first-order valence-corrected chi connectivity index (χ1v) is 11.1. The second kappa shape index (κ2) is 14.9. The van der Waals surface area contributed by atoms with E-state index in [-0.39, 0.29) is 17.9 Å². The lowest BCUT2D eigenvalue weighted by Gasteiger charge is -2.14. The number of hydrogen-bond acceptors (Lipinski definition) is 5.